The average Bonchev–Trinajstić information content (AvgIpc) is 2.88. The molecule has 0 aliphatic heterocycles. The van der Waals surface area contributed by atoms with Crippen molar-refractivity contribution in [3.05, 3.63) is 52.1 Å². The molecule has 2 aromatic rings. The monoisotopic (exact) mass is 338 g/mol. The summed E-state index contributed by atoms with van der Waals surface area (Å²) in [5.74, 6) is -0.962. The highest BCUT2D eigenvalue weighted by molar-refractivity contribution is 7.71. The van der Waals surface area contributed by atoms with Crippen molar-refractivity contribution in [1.29, 1.82) is 0 Å². The van der Waals surface area contributed by atoms with E-state index in [1.165, 1.54) is 6.07 Å². The standard InChI is InChI=1S/C17H20F2N2OS/c18-13-9-12-10-14(3-4-15(12)16(19)11-13)21-7-6-20(17(21)23)5-1-2-8-22/h6-7,9,11,14,22H,1-5,8,10H2. The minimum absolute atomic E-state index is 0.135. The fourth-order valence-electron chi connectivity index (χ4n) is 3.29. The Hall–Kier alpha value is -1.53. The second-order valence-corrected chi connectivity index (χ2v) is 6.40. The van der Waals surface area contributed by atoms with Crippen molar-refractivity contribution in [3.63, 3.8) is 0 Å². The Bertz CT molecular complexity index is 754. The number of aromatic nitrogens is 2. The van der Waals surface area contributed by atoms with E-state index in [1.807, 2.05) is 21.5 Å². The summed E-state index contributed by atoms with van der Waals surface area (Å²) in [6.45, 7) is 0.962. The minimum Gasteiger partial charge on any atom is -0.396 e. The van der Waals surface area contributed by atoms with Crippen LogP contribution in [0.25, 0.3) is 0 Å². The van der Waals surface area contributed by atoms with E-state index >= 15 is 0 Å². The summed E-state index contributed by atoms with van der Waals surface area (Å²) >= 11 is 5.52. The maximum Gasteiger partial charge on any atom is 0.180 e. The quantitative estimate of drug-likeness (QED) is 0.664. The van der Waals surface area contributed by atoms with Crippen LogP contribution in [-0.4, -0.2) is 20.8 Å². The van der Waals surface area contributed by atoms with Crippen LogP contribution in [0.3, 0.4) is 0 Å². The van der Waals surface area contributed by atoms with Gasteiger partial charge in [-0.25, -0.2) is 8.78 Å². The summed E-state index contributed by atoms with van der Waals surface area (Å²) in [4.78, 5) is 0. The Labute approximate surface area is 139 Å². The number of imidazole rings is 1. The molecule has 0 saturated heterocycles. The molecule has 0 spiro atoms. The first-order valence-electron chi connectivity index (χ1n) is 7.95. The first-order chi connectivity index (χ1) is 11.1. The van der Waals surface area contributed by atoms with Gasteiger partial charge in [0.05, 0.1) is 0 Å². The number of halogens is 2. The maximum absolute atomic E-state index is 13.8. The molecule has 1 aliphatic rings. The van der Waals surface area contributed by atoms with Gasteiger partial charge in [0.1, 0.15) is 11.6 Å². The lowest BCUT2D eigenvalue weighted by Crippen LogP contribution is -2.20. The number of hydrogen-bond donors (Lipinski definition) is 1. The van der Waals surface area contributed by atoms with Crippen molar-refractivity contribution in [2.75, 3.05) is 6.61 Å². The van der Waals surface area contributed by atoms with Gasteiger partial charge in [0, 0.05) is 37.7 Å². The summed E-state index contributed by atoms with van der Waals surface area (Å²) < 4.78 is 32.0. The normalized spacial score (nSPS) is 17.3. The Balaban J connectivity index is 1.80. The molecule has 1 unspecified atom stereocenters. The zero-order valence-electron chi connectivity index (χ0n) is 12.8. The highest BCUT2D eigenvalue weighted by Crippen LogP contribution is 2.31. The first kappa shape index (κ1) is 16.3. The number of benzene rings is 1. The number of nitrogens with zero attached hydrogens (tertiary/aromatic N) is 2. The fourth-order valence-corrected chi connectivity index (χ4v) is 3.66. The second-order valence-electron chi connectivity index (χ2n) is 6.03. The molecule has 0 bridgehead atoms. The molecule has 3 nitrogen and oxygen atoms in total. The molecule has 0 amide bonds. The van der Waals surface area contributed by atoms with Crippen molar-refractivity contribution in [1.82, 2.24) is 9.13 Å². The van der Waals surface area contributed by atoms with Crippen molar-refractivity contribution in [3.8, 4) is 0 Å². The maximum atomic E-state index is 13.8. The number of rotatable bonds is 5. The molecule has 23 heavy (non-hydrogen) atoms. The zero-order valence-corrected chi connectivity index (χ0v) is 13.7. The van der Waals surface area contributed by atoms with E-state index in [-0.39, 0.29) is 12.6 Å². The fraction of sp³-hybridized carbons (Fsp3) is 0.471. The molecular formula is C17H20F2N2OS. The highest BCUT2D eigenvalue weighted by Gasteiger charge is 2.24. The molecule has 1 aromatic heterocycles. The third-order valence-corrected chi connectivity index (χ3v) is 4.96. The molecule has 1 aliphatic carbocycles. The summed E-state index contributed by atoms with van der Waals surface area (Å²) in [7, 11) is 0. The Kier molecular flexibility index (Phi) is 4.92. The first-order valence-corrected chi connectivity index (χ1v) is 8.36. The number of aryl methyl sites for hydroxylation is 1. The van der Waals surface area contributed by atoms with Crippen LogP contribution in [0.2, 0.25) is 0 Å². The van der Waals surface area contributed by atoms with E-state index in [4.69, 9.17) is 17.3 Å². The van der Waals surface area contributed by atoms with Crippen LogP contribution in [0.4, 0.5) is 8.78 Å². The van der Waals surface area contributed by atoms with Gasteiger partial charge in [-0.15, -0.1) is 0 Å². The van der Waals surface area contributed by atoms with Gasteiger partial charge in [-0.3, -0.25) is 0 Å². The van der Waals surface area contributed by atoms with Gasteiger partial charge in [-0.05, 0) is 61.5 Å². The number of aliphatic hydroxyl groups is 1. The van der Waals surface area contributed by atoms with Crippen molar-refractivity contribution in [2.45, 2.75) is 44.7 Å². The molecule has 124 valence electrons. The Morgan fingerprint density at radius 3 is 2.83 bits per heavy atom. The lowest BCUT2D eigenvalue weighted by atomic mass is 9.87. The van der Waals surface area contributed by atoms with Crippen LogP contribution in [0.5, 0.6) is 0 Å². The van der Waals surface area contributed by atoms with E-state index in [0.29, 0.717) is 18.4 Å². The molecule has 6 heteroatoms. The van der Waals surface area contributed by atoms with Gasteiger partial charge in [0.25, 0.3) is 0 Å². The SMILES string of the molecule is OCCCCn1ccn(C2CCc3c(F)cc(F)cc3C2)c1=S. The lowest BCUT2D eigenvalue weighted by Gasteiger charge is -2.26. The summed E-state index contributed by atoms with van der Waals surface area (Å²) in [6.07, 6.45) is 7.52. The summed E-state index contributed by atoms with van der Waals surface area (Å²) in [6, 6.07) is 2.53. The van der Waals surface area contributed by atoms with Crippen LogP contribution in [-0.2, 0) is 19.4 Å². The number of hydrogen-bond acceptors (Lipinski definition) is 2. The predicted octanol–water partition coefficient (Wildman–Crippen LogP) is 3.80. The molecule has 1 atom stereocenters. The van der Waals surface area contributed by atoms with Crippen LogP contribution >= 0.6 is 12.2 Å². The number of aliphatic hydroxyl groups excluding tert-OH is 1. The number of fused-ring (bicyclic) bond motifs is 1. The van der Waals surface area contributed by atoms with E-state index in [2.05, 4.69) is 0 Å². The topological polar surface area (TPSA) is 30.1 Å². The van der Waals surface area contributed by atoms with Gasteiger partial charge < -0.3 is 14.2 Å². The Morgan fingerprint density at radius 1 is 1.22 bits per heavy atom. The van der Waals surface area contributed by atoms with E-state index in [9.17, 15) is 8.78 Å². The van der Waals surface area contributed by atoms with Crippen LogP contribution in [0, 0.1) is 16.4 Å². The average molecular weight is 338 g/mol. The molecule has 1 heterocycles. The Morgan fingerprint density at radius 2 is 2.04 bits per heavy atom. The molecule has 1 N–H and O–H groups in total. The van der Waals surface area contributed by atoms with Crippen molar-refractivity contribution >= 4 is 12.2 Å². The van der Waals surface area contributed by atoms with E-state index < -0.39 is 11.6 Å². The summed E-state index contributed by atoms with van der Waals surface area (Å²) in [5.41, 5.74) is 1.38. The second kappa shape index (κ2) is 6.93. The van der Waals surface area contributed by atoms with Gasteiger partial charge in [0.2, 0.25) is 0 Å². The van der Waals surface area contributed by atoms with Gasteiger partial charge in [-0.2, -0.15) is 0 Å². The van der Waals surface area contributed by atoms with Gasteiger partial charge in [-0.1, -0.05) is 0 Å². The molecule has 0 saturated carbocycles. The third-order valence-electron chi connectivity index (χ3n) is 4.51. The van der Waals surface area contributed by atoms with Crippen LogP contribution in [0.15, 0.2) is 24.5 Å². The van der Waals surface area contributed by atoms with Crippen LogP contribution in [0.1, 0.15) is 36.4 Å². The van der Waals surface area contributed by atoms with Gasteiger partial charge in [0.15, 0.2) is 4.77 Å². The summed E-state index contributed by atoms with van der Waals surface area (Å²) in [5, 5.41) is 8.86. The minimum atomic E-state index is -0.521. The van der Waals surface area contributed by atoms with Crippen molar-refractivity contribution < 1.29 is 13.9 Å². The van der Waals surface area contributed by atoms with Gasteiger partial charge >= 0.3 is 0 Å². The van der Waals surface area contributed by atoms with E-state index in [1.54, 1.807) is 0 Å². The van der Waals surface area contributed by atoms with Crippen LogP contribution < -0.4 is 0 Å². The largest absolute Gasteiger partial charge is 0.396 e. The predicted molar refractivity (Wildman–Crippen MR) is 87.0 cm³/mol. The smallest absolute Gasteiger partial charge is 0.180 e. The third kappa shape index (κ3) is 3.38. The molecule has 1 aromatic carbocycles. The molecule has 3 rings (SSSR count). The molecule has 0 radical (unpaired) electrons. The zero-order chi connectivity index (χ0) is 16.4. The van der Waals surface area contributed by atoms with E-state index in [0.717, 1.165) is 42.2 Å². The van der Waals surface area contributed by atoms with Crippen molar-refractivity contribution in [2.24, 2.45) is 0 Å². The molecular weight excluding hydrogens is 318 g/mol. The lowest BCUT2D eigenvalue weighted by molar-refractivity contribution is 0.281. The molecule has 0 fully saturated rings. The highest BCUT2D eigenvalue weighted by atomic mass is 32.1. The number of unbranched alkanes of at least 4 members (excludes halogenated alkanes) is 1.